The maximum absolute atomic E-state index is 11.8. The average Bonchev–Trinajstić information content (AvgIpc) is 2.70. The Labute approximate surface area is 152 Å². The largest absolute Gasteiger partial charge is 0.411 e. The third-order valence-corrected chi connectivity index (χ3v) is 3.75. The molecule has 136 valence electrons. The minimum atomic E-state index is -0.333. The highest BCUT2D eigenvalue weighted by molar-refractivity contribution is 6.01. The van der Waals surface area contributed by atoms with E-state index < -0.39 is 0 Å². The molecule has 0 bridgehead atoms. The van der Waals surface area contributed by atoms with Gasteiger partial charge in [0.05, 0.1) is 11.4 Å². The van der Waals surface area contributed by atoms with Crippen molar-refractivity contribution in [3.63, 3.8) is 0 Å². The lowest BCUT2D eigenvalue weighted by Gasteiger charge is -2.09. The van der Waals surface area contributed by atoms with E-state index in [-0.39, 0.29) is 6.03 Å². The molecule has 7 heteroatoms. The van der Waals surface area contributed by atoms with E-state index in [0.29, 0.717) is 37.4 Å². The zero-order valence-electron chi connectivity index (χ0n) is 14.3. The molecule has 7 nitrogen and oxygen atoms in total. The molecular weight excluding hydrogens is 332 g/mol. The van der Waals surface area contributed by atoms with Crippen molar-refractivity contribution in [3.8, 4) is 0 Å². The van der Waals surface area contributed by atoms with Crippen LogP contribution in [0, 0.1) is 0 Å². The summed E-state index contributed by atoms with van der Waals surface area (Å²) in [6, 6.07) is 18.2. The first-order valence-corrected chi connectivity index (χ1v) is 8.29. The second kappa shape index (κ2) is 10.5. The summed E-state index contributed by atoms with van der Waals surface area (Å²) in [4.78, 5) is 11.8. The van der Waals surface area contributed by atoms with Gasteiger partial charge >= 0.3 is 6.03 Å². The van der Waals surface area contributed by atoms with E-state index in [9.17, 15) is 4.79 Å². The summed E-state index contributed by atoms with van der Waals surface area (Å²) in [7, 11) is 0. The molecule has 0 radical (unpaired) electrons. The van der Waals surface area contributed by atoms with Gasteiger partial charge in [-0.25, -0.2) is 4.79 Å². The van der Waals surface area contributed by atoms with Gasteiger partial charge in [-0.1, -0.05) is 71.0 Å². The van der Waals surface area contributed by atoms with Crippen molar-refractivity contribution in [2.24, 2.45) is 10.3 Å². The van der Waals surface area contributed by atoms with Crippen LogP contribution >= 0.6 is 0 Å². The number of nitrogens with zero attached hydrogens (tertiary/aromatic N) is 2. The number of benzene rings is 2. The lowest BCUT2D eigenvalue weighted by Crippen LogP contribution is -2.37. The van der Waals surface area contributed by atoms with Gasteiger partial charge in [0, 0.05) is 25.9 Å². The lowest BCUT2D eigenvalue weighted by molar-refractivity contribution is 0.241. The molecule has 0 aliphatic heterocycles. The first-order chi connectivity index (χ1) is 12.7. The minimum absolute atomic E-state index is 0.333. The van der Waals surface area contributed by atoms with Crippen LogP contribution < -0.4 is 10.6 Å². The van der Waals surface area contributed by atoms with Crippen LogP contribution in [-0.4, -0.2) is 41.0 Å². The minimum Gasteiger partial charge on any atom is -0.411 e. The SMILES string of the molecule is O=C(NCC/C(=N\O)c1ccccc1)NCC/C(=N\O)c1ccccc1. The van der Waals surface area contributed by atoms with E-state index in [1.807, 2.05) is 60.7 Å². The molecule has 2 aromatic carbocycles. The Balaban J connectivity index is 1.71. The number of nitrogens with one attached hydrogen (secondary N) is 2. The smallest absolute Gasteiger partial charge is 0.314 e. The quantitative estimate of drug-likeness (QED) is 0.333. The number of carbonyl (C=O) groups is 1. The van der Waals surface area contributed by atoms with E-state index >= 15 is 0 Å². The summed E-state index contributed by atoms with van der Waals surface area (Å²) in [5.74, 6) is 0. The van der Waals surface area contributed by atoms with Crippen LogP contribution in [0.1, 0.15) is 24.0 Å². The number of amides is 2. The first-order valence-electron chi connectivity index (χ1n) is 8.29. The highest BCUT2D eigenvalue weighted by atomic mass is 16.4. The molecular formula is C19H22N4O3. The van der Waals surface area contributed by atoms with Gasteiger partial charge in [-0.3, -0.25) is 0 Å². The van der Waals surface area contributed by atoms with Crippen LogP contribution in [-0.2, 0) is 0 Å². The molecule has 0 aliphatic rings. The molecule has 0 aliphatic carbocycles. The highest BCUT2D eigenvalue weighted by Crippen LogP contribution is 2.04. The van der Waals surface area contributed by atoms with Crippen molar-refractivity contribution in [1.82, 2.24) is 10.6 Å². The Morgan fingerprint density at radius 1 is 0.731 bits per heavy atom. The predicted molar refractivity (Wildman–Crippen MR) is 100 cm³/mol. The van der Waals surface area contributed by atoms with Crippen molar-refractivity contribution in [2.75, 3.05) is 13.1 Å². The zero-order chi connectivity index (χ0) is 18.6. The summed E-state index contributed by atoms with van der Waals surface area (Å²) in [5, 5.41) is 30.2. The van der Waals surface area contributed by atoms with Crippen molar-refractivity contribution >= 4 is 17.5 Å². The molecule has 26 heavy (non-hydrogen) atoms. The number of hydrogen-bond acceptors (Lipinski definition) is 5. The van der Waals surface area contributed by atoms with Crippen LogP contribution in [0.4, 0.5) is 4.79 Å². The van der Waals surface area contributed by atoms with Crippen LogP contribution in [0.5, 0.6) is 0 Å². The van der Waals surface area contributed by atoms with E-state index in [1.165, 1.54) is 0 Å². The number of oxime groups is 2. The Bertz CT molecular complexity index is 682. The van der Waals surface area contributed by atoms with Gasteiger partial charge in [0.15, 0.2) is 0 Å². The summed E-state index contributed by atoms with van der Waals surface area (Å²) >= 11 is 0. The molecule has 0 fully saturated rings. The molecule has 0 aromatic heterocycles. The monoisotopic (exact) mass is 354 g/mol. The Hall–Kier alpha value is -3.35. The molecule has 0 unspecified atom stereocenters. The Morgan fingerprint density at radius 2 is 1.12 bits per heavy atom. The maximum atomic E-state index is 11.8. The first kappa shape index (κ1) is 19.0. The van der Waals surface area contributed by atoms with E-state index in [2.05, 4.69) is 20.9 Å². The van der Waals surface area contributed by atoms with Crippen molar-refractivity contribution in [2.45, 2.75) is 12.8 Å². The van der Waals surface area contributed by atoms with Crippen LogP contribution in [0.3, 0.4) is 0 Å². The van der Waals surface area contributed by atoms with Gasteiger partial charge in [0.2, 0.25) is 0 Å². The number of urea groups is 1. The van der Waals surface area contributed by atoms with Gasteiger partial charge in [-0.05, 0) is 11.1 Å². The molecule has 2 amide bonds. The summed E-state index contributed by atoms with van der Waals surface area (Å²) < 4.78 is 0. The number of carbonyl (C=O) groups excluding carboxylic acids is 1. The Kier molecular flexibility index (Phi) is 7.67. The second-order valence-electron chi connectivity index (χ2n) is 5.51. The van der Waals surface area contributed by atoms with Crippen molar-refractivity contribution in [1.29, 1.82) is 0 Å². The van der Waals surface area contributed by atoms with Gasteiger partial charge < -0.3 is 21.0 Å². The molecule has 2 aromatic rings. The van der Waals surface area contributed by atoms with Crippen LogP contribution in [0.15, 0.2) is 71.0 Å². The normalized spacial score (nSPS) is 11.8. The number of rotatable bonds is 8. The molecule has 0 saturated heterocycles. The molecule has 0 atom stereocenters. The average molecular weight is 354 g/mol. The fraction of sp³-hybridized carbons (Fsp3) is 0.211. The third-order valence-electron chi connectivity index (χ3n) is 3.75. The topological polar surface area (TPSA) is 106 Å². The van der Waals surface area contributed by atoms with Gasteiger partial charge in [0.25, 0.3) is 0 Å². The summed E-state index contributed by atoms with van der Waals surface area (Å²) in [6.45, 7) is 0.666. The predicted octanol–water partition coefficient (Wildman–Crippen LogP) is 2.82. The molecule has 2 rings (SSSR count). The van der Waals surface area contributed by atoms with Gasteiger partial charge in [-0.15, -0.1) is 0 Å². The van der Waals surface area contributed by atoms with Crippen LogP contribution in [0.2, 0.25) is 0 Å². The highest BCUT2D eigenvalue weighted by Gasteiger charge is 2.07. The van der Waals surface area contributed by atoms with Crippen LogP contribution in [0.25, 0.3) is 0 Å². The molecule has 0 spiro atoms. The zero-order valence-corrected chi connectivity index (χ0v) is 14.3. The Morgan fingerprint density at radius 3 is 1.46 bits per heavy atom. The molecule has 0 saturated carbocycles. The van der Waals surface area contributed by atoms with Gasteiger partial charge in [-0.2, -0.15) is 0 Å². The van der Waals surface area contributed by atoms with E-state index in [1.54, 1.807) is 0 Å². The lowest BCUT2D eigenvalue weighted by atomic mass is 10.1. The van der Waals surface area contributed by atoms with E-state index in [0.717, 1.165) is 11.1 Å². The van der Waals surface area contributed by atoms with Crippen molar-refractivity contribution in [3.05, 3.63) is 71.8 Å². The summed E-state index contributed by atoms with van der Waals surface area (Å²) in [5.41, 5.74) is 2.63. The summed E-state index contributed by atoms with van der Waals surface area (Å²) in [6.07, 6.45) is 0.808. The fourth-order valence-corrected chi connectivity index (χ4v) is 2.42. The fourth-order valence-electron chi connectivity index (χ4n) is 2.42. The molecule has 0 heterocycles. The van der Waals surface area contributed by atoms with Crippen molar-refractivity contribution < 1.29 is 15.2 Å². The third kappa shape index (κ3) is 5.94. The second-order valence-corrected chi connectivity index (χ2v) is 5.51. The standard InChI is InChI=1S/C19H22N4O3/c24-19(20-13-11-17(22-25)15-7-3-1-4-8-15)21-14-12-18(23-26)16-9-5-2-6-10-16/h1-10,25-26H,11-14H2,(H2,20,21,24)/b22-17+,23-18+. The van der Waals surface area contributed by atoms with Gasteiger partial charge in [0.1, 0.15) is 0 Å². The maximum Gasteiger partial charge on any atom is 0.314 e. The van der Waals surface area contributed by atoms with E-state index in [4.69, 9.17) is 10.4 Å². The molecule has 4 N–H and O–H groups in total. The number of hydrogen-bond donors (Lipinski definition) is 4.